The van der Waals surface area contributed by atoms with Crippen LogP contribution in [-0.4, -0.2) is 32.1 Å². The Labute approximate surface area is 115 Å². The average Bonchev–Trinajstić information content (AvgIpc) is 2.32. The Balaban J connectivity index is 2.23. The van der Waals surface area contributed by atoms with Crippen molar-refractivity contribution in [3.05, 3.63) is 22.8 Å². The second kappa shape index (κ2) is 5.69. The predicted molar refractivity (Wildman–Crippen MR) is 76.8 cm³/mol. The molecule has 1 aliphatic rings. The van der Waals surface area contributed by atoms with Crippen LogP contribution in [0, 0.1) is 0 Å². The van der Waals surface area contributed by atoms with Gasteiger partial charge < -0.3 is 10.8 Å². The van der Waals surface area contributed by atoms with Gasteiger partial charge in [-0.3, -0.25) is 0 Å². The highest BCUT2D eigenvalue weighted by molar-refractivity contribution is 8.07. The van der Waals surface area contributed by atoms with Gasteiger partial charge in [0.25, 0.3) is 0 Å². The molecule has 3 nitrogen and oxygen atoms in total. The third kappa shape index (κ3) is 3.02. The van der Waals surface area contributed by atoms with Gasteiger partial charge in [0.1, 0.15) is 5.82 Å². The molecule has 2 heterocycles. The summed E-state index contributed by atoms with van der Waals surface area (Å²) >= 11 is 9.57. The second-order valence-electron chi connectivity index (χ2n) is 3.98. The van der Waals surface area contributed by atoms with E-state index in [1.807, 2.05) is 11.8 Å². The molecule has 2 rings (SSSR count). The lowest BCUT2D eigenvalue weighted by Gasteiger charge is -2.32. The number of aliphatic hydroxyl groups excluding tert-OH is 1. The van der Waals surface area contributed by atoms with Crippen molar-refractivity contribution >= 4 is 40.9 Å². The predicted octanol–water partition coefficient (Wildman–Crippen LogP) is 2.59. The number of thioether (sulfide) groups is 2. The maximum atomic E-state index is 10.4. The average molecular weight is 291 g/mol. The van der Waals surface area contributed by atoms with E-state index in [0.29, 0.717) is 21.7 Å². The van der Waals surface area contributed by atoms with Gasteiger partial charge in [0, 0.05) is 33.8 Å². The summed E-state index contributed by atoms with van der Waals surface area (Å²) in [5.41, 5.74) is 6.44. The van der Waals surface area contributed by atoms with Gasteiger partial charge in [-0.15, -0.1) is 0 Å². The summed E-state index contributed by atoms with van der Waals surface area (Å²) in [6.45, 7) is 2.14. The van der Waals surface area contributed by atoms with E-state index in [1.54, 1.807) is 17.8 Å². The molecule has 3 atom stereocenters. The molecule has 17 heavy (non-hydrogen) atoms. The van der Waals surface area contributed by atoms with Crippen molar-refractivity contribution in [1.29, 1.82) is 0 Å². The van der Waals surface area contributed by atoms with Gasteiger partial charge in [-0.05, 0) is 6.07 Å². The van der Waals surface area contributed by atoms with Crippen molar-refractivity contribution in [3.8, 4) is 0 Å². The highest BCUT2D eigenvalue weighted by Gasteiger charge is 2.31. The zero-order valence-electron chi connectivity index (χ0n) is 9.47. The number of anilines is 1. The molecule has 0 amide bonds. The summed E-state index contributed by atoms with van der Waals surface area (Å²) in [7, 11) is 0. The number of aliphatic hydroxyl groups is 1. The van der Waals surface area contributed by atoms with Gasteiger partial charge in [-0.2, -0.15) is 23.5 Å². The number of hydrogen-bond donors (Lipinski definition) is 2. The zero-order valence-corrected chi connectivity index (χ0v) is 11.9. The Bertz CT molecular complexity index is 405. The standard InChI is InChI=1S/C11H15ClN2OS2/c1-6-10(17-3-2-16-6)9(15)8-4-7(12)5-14-11(8)13/h4-6,9-10,15H,2-3H2,1H3,(H2,13,14). The summed E-state index contributed by atoms with van der Waals surface area (Å²) in [6.07, 6.45) is 0.897. The van der Waals surface area contributed by atoms with E-state index in [9.17, 15) is 5.11 Å². The molecule has 94 valence electrons. The molecule has 0 bridgehead atoms. The summed E-state index contributed by atoms with van der Waals surface area (Å²) in [5.74, 6) is 2.56. The van der Waals surface area contributed by atoms with Gasteiger partial charge in [-0.25, -0.2) is 4.98 Å². The molecule has 1 aromatic rings. The highest BCUT2D eigenvalue weighted by Crippen LogP contribution is 2.39. The van der Waals surface area contributed by atoms with Crippen molar-refractivity contribution in [2.45, 2.75) is 23.5 Å². The van der Waals surface area contributed by atoms with Gasteiger partial charge in [0.05, 0.1) is 11.1 Å². The van der Waals surface area contributed by atoms with E-state index in [2.05, 4.69) is 11.9 Å². The molecule has 0 radical (unpaired) electrons. The van der Waals surface area contributed by atoms with Crippen LogP contribution in [0.2, 0.25) is 5.02 Å². The Kier molecular flexibility index (Phi) is 4.47. The van der Waals surface area contributed by atoms with Crippen LogP contribution in [0.4, 0.5) is 5.82 Å². The van der Waals surface area contributed by atoms with Crippen LogP contribution >= 0.6 is 35.1 Å². The van der Waals surface area contributed by atoms with Crippen molar-refractivity contribution in [3.63, 3.8) is 0 Å². The maximum Gasteiger partial charge on any atom is 0.129 e. The Morgan fingerprint density at radius 2 is 2.24 bits per heavy atom. The lowest BCUT2D eigenvalue weighted by molar-refractivity contribution is 0.174. The first-order valence-corrected chi connectivity index (χ1v) is 7.89. The van der Waals surface area contributed by atoms with Crippen LogP contribution < -0.4 is 5.73 Å². The molecule has 3 N–H and O–H groups in total. The smallest absolute Gasteiger partial charge is 0.129 e. The number of rotatable bonds is 2. The minimum absolute atomic E-state index is 0.149. The minimum atomic E-state index is -0.603. The fourth-order valence-corrected chi connectivity index (χ4v) is 4.87. The van der Waals surface area contributed by atoms with Crippen LogP contribution in [0.1, 0.15) is 18.6 Å². The van der Waals surface area contributed by atoms with Crippen LogP contribution in [0.25, 0.3) is 0 Å². The molecule has 1 saturated heterocycles. The van der Waals surface area contributed by atoms with Crippen LogP contribution in [0.15, 0.2) is 12.3 Å². The van der Waals surface area contributed by atoms with Gasteiger partial charge in [-0.1, -0.05) is 18.5 Å². The summed E-state index contributed by atoms with van der Waals surface area (Å²) < 4.78 is 0. The van der Waals surface area contributed by atoms with Crippen LogP contribution in [0.5, 0.6) is 0 Å². The van der Waals surface area contributed by atoms with Crippen molar-refractivity contribution in [2.75, 3.05) is 17.2 Å². The summed E-state index contributed by atoms with van der Waals surface area (Å²) in [6, 6.07) is 1.71. The van der Waals surface area contributed by atoms with Crippen molar-refractivity contribution < 1.29 is 5.11 Å². The third-order valence-corrected chi connectivity index (χ3v) is 6.17. The monoisotopic (exact) mass is 290 g/mol. The van der Waals surface area contributed by atoms with Crippen LogP contribution in [0.3, 0.4) is 0 Å². The molecule has 0 spiro atoms. The van der Waals surface area contributed by atoms with Gasteiger partial charge >= 0.3 is 0 Å². The SMILES string of the molecule is CC1SCCSC1C(O)c1cc(Cl)cnc1N. The molecular weight excluding hydrogens is 276 g/mol. The Morgan fingerprint density at radius 3 is 2.94 bits per heavy atom. The normalized spacial score (nSPS) is 26.8. The van der Waals surface area contributed by atoms with Crippen molar-refractivity contribution in [1.82, 2.24) is 4.98 Å². The number of aromatic nitrogens is 1. The number of halogens is 1. The molecule has 1 aliphatic heterocycles. The lowest BCUT2D eigenvalue weighted by Crippen LogP contribution is -2.30. The summed E-state index contributed by atoms with van der Waals surface area (Å²) in [5, 5.41) is 11.5. The van der Waals surface area contributed by atoms with E-state index >= 15 is 0 Å². The Morgan fingerprint density at radius 1 is 1.53 bits per heavy atom. The van der Waals surface area contributed by atoms with E-state index in [1.165, 1.54) is 6.20 Å². The first-order chi connectivity index (χ1) is 8.09. The number of nitrogens with two attached hydrogens (primary N) is 1. The number of nitrogen functional groups attached to an aromatic ring is 1. The molecule has 6 heteroatoms. The molecule has 0 aliphatic carbocycles. The van der Waals surface area contributed by atoms with Gasteiger partial charge in [0.15, 0.2) is 0 Å². The first kappa shape index (κ1) is 13.3. The molecule has 0 saturated carbocycles. The Hall–Kier alpha value is -0.100. The van der Waals surface area contributed by atoms with Gasteiger partial charge in [0.2, 0.25) is 0 Å². The fourth-order valence-electron chi connectivity index (χ4n) is 1.88. The molecular formula is C11H15ClN2OS2. The largest absolute Gasteiger partial charge is 0.387 e. The van der Waals surface area contributed by atoms with E-state index in [4.69, 9.17) is 17.3 Å². The molecule has 1 fully saturated rings. The van der Waals surface area contributed by atoms with Crippen LogP contribution in [-0.2, 0) is 0 Å². The maximum absolute atomic E-state index is 10.4. The third-order valence-electron chi connectivity index (χ3n) is 2.78. The van der Waals surface area contributed by atoms with E-state index < -0.39 is 6.10 Å². The highest BCUT2D eigenvalue weighted by atomic mass is 35.5. The van der Waals surface area contributed by atoms with E-state index in [0.717, 1.165) is 11.5 Å². The minimum Gasteiger partial charge on any atom is -0.387 e. The molecule has 3 unspecified atom stereocenters. The zero-order chi connectivity index (χ0) is 12.4. The quantitative estimate of drug-likeness (QED) is 0.877. The number of hydrogen-bond acceptors (Lipinski definition) is 5. The molecule has 0 aromatic carbocycles. The topological polar surface area (TPSA) is 59.1 Å². The van der Waals surface area contributed by atoms with Crippen molar-refractivity contribution in [2.24, 2.45) is 0 Å². The van der Waals surface area contributed by atoms with E-state index in [-0.39, 0.29) is 5.25 Å². The summed E-state index contributed by atoms with van der Waals surface area (Å²) in [4.78, 5) is 3.99. The first-order valence-electron chi connectivity index (χ1n) is 5.42. The number of pyridine rings is 1. The second-order valence-corrected chi connectivity index (χ2v) is 7.19. The fraction of sp³-hybridized carbons (Fsp3) is 0.545. The lowest BCUT2D eigenvalue weighted by atomic mass is 10.1. The molecule has 1 aromatic heterocycles. The number of nitrogens with zero attached hydrogens (tertiary/aromatic N) is 1.